The number of pyridine rings is 1. The first-order chi connectivity index (χ1) is 14.3. The van der Waals surface area contributed by atoms with E-state index in [4.69, 9.17) is 4.74 Å². The molecular weight excluding hydrogens is 378 g/mol. The average molecular weight is 416 g/mol. The molecule has 3 atom stereocenters. The van der Waals surface area contributed by atoms with Crippen molar-refractivity contribution in [3.63, 3.8) is 0 Å². The van der Waals surface area contributed by atoms with Crippen LogP contribution < -0.4 is 5.32 Å². The zero-order valence-electron chi connectivity index (χ0n) is 19.1. The zero-order valence-corrected chi connectivity index (χ0v) is 19.1. The highest BCUT2D eigenvalue weighted by Crippen LogP contribution is 2.39. The predicted octanol–water partition coefficient (Wildman–Crippen LogP) is 3.44. The summed E-state index contributed by atoms with van der Waals surface area (Å²) in [6.07, 6.45) is 7.71. The Kier molecular flexibility index (Phi) is 9.50. The maximum absolute atomic E-state index is 12.8. The van der Waals surface area contributed by atoms with Crippen molar-refractivity contribution in [1.29, 1.82) is 0 Å². The molecule has 0 unspecified atom stereocenters. The molecule has 0 radical (unpaired) electrons. The molecule has 166 valence electrons. The summed E-state index contributed by atoms with van der Waals surface area (Å²) >= 11 is 0. The number of ether oxygens (including phenoxy) is 1. The molecule has 0 aliphatic heterocycles. The number of allylic oxidation sites excluding steroid dienone is 1. The highest BCUT2D eigenvalue weighted by molar-refractivity contribution is 5.77. The first kappa shape index (κ1) is 24.1. The van der Waals surface area contributed by atoms with Crippen LogP contribution in [-0.2, 0) is 20.9 Å². The quantitative estimate of drug-likeness (QED) is 0.594. The lowest BCUT2D eigenvalue weighted by atomic mass is 9.69. The normalized spacial score (nSPS) is 21.3. The predicted molar refractivity (Wildman–Crippen MR) is 119 cm³/mol. The van der Waals surface area contributed by atoms with E-state index in [2.05, 4.69) is 37.1 Å². The van der Waals surface area contributed by atoms with Gasteiger partial charge >= 0.3 is 0 Å². The van der Waals surface area contributed by atoms with Gasteiger partial charge in [0.05, 0.1) is 6.61 Å². The minimum Gasteiger partial charge on any atom is -0.384 e. The van der Waals surface area contributed by atoms with E-state index in [1.807, 2.05) is 19.2 Å². The number of hydrogen-bond donors (Lipinski definition) is 1. The fourth-order valence-corrected chi connectivity index (χ4v) is 4.24. The van der Waals surface area contributed by atoms with Crippen LogP contribution in [0.25, 0.3) is 0 Å². The molecule has 0 fully saturated rings. The summed E-state index contributed by atoms with van der Waals surface area (Å²) in [6, 6.07) is 3.88. The summed E-state index contributed by atoms with van der Waals surface area (Å²) < 4.78 is 4.98. The Morgan fingerprint density at radius 2 is 2.13 bits per heavy atom. The lowest BCUT2D eigenvalue weighted by molar-refractivity contribution is -0.131. The third-order valence-electron chi connectivity index (χ3n) is 6.14. The lowest BCUT2D eigenvalue weighted by Crippen LogP contribution is -2.38. The van der Waals surface area contributed by atoms with Crippen LogP contribution in [0.15, 0.2) is 36.2 Å². The molecule has 0 saturated heterocycles. The summed E-state index contributed by atoms with van der Waals surface area (Å²) in [5.41, 5.74) is 2.29. The van der Waals surface area contributed by atoms with Gasteiger partial charge in [0, 0.05) is 52.5 Å². The monoisotopic (exact) mass is 415 g/mol. The van der Waals surface area contributed by atoms with Gasteiger partial charge in [-0.3, -0.25) is 14.6 Å². The number of hydrogen-bond acceptors (Lipinski definition) is 4. The van der Waals surface area contributed by atoms with Crippen LogP contribution in [0.5, 0.6) is 0 Å². The maximum atomic E-state index is 12.8. The van der Waals surface area contributed by atoms with Crippen LogP contribution in [0.3, 0.4) is 0 Å². The summed E-state index contributed by atoms with van der Waals surface area (Å²) in [5, 5.41) is 3.05. The van der Waals surface area contributed by atoms with Crippen LogP contribution in [0.4, 0.5) is 0 Å². The average Bonchev–Trinajstić information content (AvgIpc) is 2.72. The first-order valence-corrected chi connectivity index (χ1v) is 10.9. The van der Waals surface area contributed by atoms with Crippen molar-refractivity contribution in [2.24, 2.45) is 23.7 Å². The number of nitrogens with zero attached hydrogens (tertiary/aromatic N) is 2. The molecule has 6 nitrogen and oxygen atoms in total. The third-order valence-corrected chi connectivity index (χ3v) is 6.14. The van der Waals surface area contributed by atoms with Gasteiger partial charge in [0.1, 0.15) is 0 Å². The van der Waals surface area contributed by atoms with E-state index in [0.29, 0.717) is 50.3 Å². The Morgan fingerprint density at radius 3 is 2.77 bits per heavy atom. The van der Waals surface area contributed by atoms with Gasteiger partial charge in [-0.25, -0.2) is 0 Å². The van der Waals surface area contributed by atoms with Crippen LogP contribution in [0.2, 0.25) is 0 Å². The van der Waals surface area contributed by atoms with Crippen molar-refractivity contribution in [2.75, 3.05) is 27.3 Å². The van der Waals surface area contributed by atoms with Gasteiger partial charge in [-0.2, -0.15) is 0 Å². The number of carbonyl (C=O) groups excluding carboxylic acids is 2. The summed E-state index contributed by atoms with van der Waals surface area (Å²) in [4.78, 5) is 30.7. The molecule has 6 heteroatoms. The van der Waals surface area contributed by atoms with Crippen molar-refractivity contribution in [2.45, 2.75) is 46.6 Å². The molecule has 1 N–H and O–H groups in total. The van der Waals surface area contributed by atoms with Crippen molar-refractivity contribution >= 4 is 11.8 Å². The minimum absolute atomic E-state index is 0.0275. The lowest BCUT2D eigenvalue weighted by Gasteiger charge is -2.37. The van der Waals surface area contributed by atoms with E-state index >= 15 is 0 Å². The van der Waals surface area contributed by atoms with E-state index in [1.165, 1.54) is 5.57 Å². The number of aromatic nitrogens is 1. The van der Waals surface area contributed by atoms with Crippen molar-refractivity contribution < 1.29 is 14.3 Å². The Hall–Kier alpha value is -2.21. The Morgan fingerprint density at radius 1 is 1.37 bits per heavy atom. The van der Waals surface area contributed by atoms with Crippen LogP contribution >= 0.6 is 0 Å². The smallest absolute Gasteiger partial charge is 0.223 e. The van der Waals surface area contributed by atoms with E-state index in [0.717, 1.165) is 12.0 Å². The van der Waals surface area contributed by atoms with Gasteiger partial charge in [0.25, 0.3) is 0 Å². The molecule has 30 heavy (non-hydrogen) atoms. The van der Waals surface area contributed by atoms with E-state index in [1.54, 1.807) is 24.4 Å². The fraction of sp³-hybridized carbons (Fsp3) is 0.625. The molecule has 1 aliphatic rings. The maximum Gasteiger partial charge on any atom is 0.223 e. The molecule has 2 amide bonds. The zero-order chi connectivity index (χ0) is 22.1. The molecule has 1 aromatic rings. The van der Waals surface area contributed by atoms with Crippen molar-refractivity contribution in [3.8, 4) is 0 Å². The SMILES string of the molecule is COCCC(=O)NC[C@@H]1C=C(C)[C@H](CC(=O)N(C)Cc2cccnc2)C[C@H]1C(C)C. The van der Waals surface area contributed by atoms with Crippen LogP contribution in [0, 0.1) is 23.7 Å². The summed E-state index contributed by atoms with van der Waals surface area (Å²) in [5.74, 6) is 1.67. The molecule has 0 spiro atoms. The van der Waals surface area contributed by atoms with Crippen molar-refractivity contribution in [3.05, 3.63) is 41.7 Å². The van der Waals surface area contributed by atoms with Gasteiger partial charge in [0.2, 0.25) is 11.8 Å². The Balaban J connectivity index is 1.97. The third kappa shape index (κ3) is 7.24. The second-order valence-electron chi connectivity index (χ2n) is 8.78. The second-order valence-corrected chi connectivity index (χ2v) is 8.78. The van der Waals surface area contributed by atoms with E-state index in [-0.39, 0.29) is 17.7 Å². The highest BCUT2D eigenvalue weighted by Gasteiger charge is 2.33. The number of carbonyl (C=O) groups is 2. The fourth-order valence-electron chi connectivity index (χ4n) is 4.24. The summed E-state index contributed by atoms with van der Waals surface area (Å²) in [7, 11) is 3.46. The van der Waals surface area contributed by atoms with Crippen LogP contribution in [-0.4, -0.2) is 49.0 Å². The molecule has 2 rings (SSSR count). The Labute approximate surface area is 181 Å². The number of methoxy groups -OCH3 is 1. The number of nitrogens with one attached hydrogen (secondary N) is 1. The molecule has 0 aromatic carbocycles. The molecule has 1 heterocycles. The highest BCUT2D eigenvalue weighted by atomic mass is 16.5. The minimum atomic E-state index is 0.0275. The number of amides is 2. The molecule has 0 saturated carbocycles. The van der Waals surface area contributed by atoms with Gasteiger partial charge in [0.15, 0.2) is 0 Å². The second kappa shape index (κ2) is 11.8. The topological polar surface area (TPSA) is 71.5 Å². The largest absolute Gasteiger partial charge is 0.384 e. The first-order valence-electron chi connectivity index (χ1n) is 10.9. The standard InChI is InChI=1S/C24H37N3O3/c1-17(2)22-12-20(13-24(29)27(4)16-19-7-6-9-25-14-19)18(3)11-21(22)15-26-23(28)8-10-30-5/h6-7,9,11,14,17,20-22H,8,10,12-13,15-16H2,1-5H3,(H,26,28)/t20-,21-,22-/m0/s1. The van der Waals surface area contributed by atoms with Gasteiger partial charge < -0.3 is 15.0 Å². The van der Waals surface area contributed by atoms with E-state index < -0.39 is 0 Å². The summed E-state index contributed by atoms with van der Waals surface area (Å²) in [6.45, 7) is 8.24. The number of rotatable bonds is 10. The molecule has 1 aliphatic carbocycles. The molecule has 0 bridgehead atoms. The Bertz CT molecular complexity index is 718. The van der Waals surface area contributed by atoms with Crippen molar-refractivity contribution in [1.82, 2.24) is 15.2 Å². The molecule has 1 aromatic heterocycles. The van der Waals surface area contributed by atoms with Gasteiger partial charge in [-0.15, -0.1) is 0 Å². The van der Waals surface area contributed by atoms with Gasteiger partial charge in [-0.05, 0) is 48.6 Å². The molecular formula is C24H37N3O3. The van der Waals surface area contributed by atoms with E-state index in [9.17, 15) is 9.59 Å². The van der Waals surface area contributed by atoms with Crippen LogP contribution in [0.1, 0.15) is 45.6 Å². The van der Waals surface area contributed by atoms with Gasteiger partial charge in [-0.1, -0.05) is 31.6 Å².